The van der Waals surface area contributed by atoms with E-state index in [2.05, 4.69) is 10.3 Å². The van der Waals surface area contributed by atoms with Crippen LogP contribution in [0.4, 0.5) is 20.3 Å². The molecule has 0 radical (unpaired) electrons. The van der Waals surface area contributed by atoms with Gasteiger partial charge in [-0.3, -0.25) is 24.2 Å². The number of nitrogens with one attached hydrogen (secondary N) is 1. The molecule has 2 unspecified atom stereocenters. The fourth-order valence-electron chi connectivity index (χ4n) is 6.42. The Morgan fingerprint density at radius 3 is 2.64 bits per heavy atom. The Balaban J connectivity index is 1.46. The van der Waals surface area contributed by atoms with Gasteiger partial charge in [0.1, 0.15) is 17.9 Å². The van der Waals surface area contributed by atoms with Crippen LogP contribution in [0.15, 0.2) is 66.9 Å². The van der Waals surface area contributed by atoms with Crippen molar-refractivity contribution in [2.75, 3.05) is 9.80 Å². The summed E-state index contributed by atoms with van der Waals surface area (Å²) in [6, 6.07) is 9.40. The normalized spacial score (nSPS) is 26.5. The first-order valence-electron chi connectivity index (χ1n) is 14.8. The molecule has 1 aliphatic heterocycles. The lowest BCUT2D eigenvalue weighted by Crippen LogP contribution is -2.64. The van der Waals surface area contributed by atoms with Gasteiger partial charge in [-0.15, -0.1) is 11.6 Å². The van der Waals surface area contributed by atoms with Crippen molar-refractivity contribution in [2.45, 2.75) is 80.8 Å². The zero-order chi connectivity index (χ0) is 31.2. The van der Waals surface area contributed by atoms with E-state index in [9.17, 15) is 28.4 Å². The minimum absolute atomic E-state index is 0.0664. The third kappa shape index (κ3) is 5.61. The Morgan fingerprint density at radius 2 is 1.95 bits per heavy atom. The van der Waals surface area contributed by atoms with Gasteiger partial charge in [0, 0.05) is 42.6 Å². The van der Waals surface area contributed by atoms with E-state index in [0.29, 0.717) is 11.6 Å². The van der Waals surface area contributed by atoms with Gasteiger partial charge in [0.25, 0.3) is 11.8 Å². The first-order chi connectivity index (χ1) is 21.0. The van der Waals surface area contributed by atoms with Crippen molar-refractivity contribution in [3.8, 4) is 6.07 Å². The maximum absolute atomic E-state index is 14.9. The molecule has 3 fully saturated rings. The second-order valence-electron chi connectivity index (χ2n) is 12.3. The molecule has 0 bridgehead atoms. The summed E-state index contributed by atoms with van der Waals surface area (Å²) < 4.78 is 27.6. The molecule has 0 spiro atoms. The number of nitrogens with zero attached hydrogens (tertiary/aromatic N) is 4. The summed E-state index contributed by atoms with van der Waals surface area (Å²) in [4.78, 5) is 49.4. The van der Waals surface area contributed by atoms with Crippen LogP contribution < -0.4 is 15.1 Å². The molecule has 228 valence electrons. The van der Waals surface area contributed by atoms with Crippen molar-refractivity contribution >= 4 is 40.8 Å². The highest BCUT2D eigenvalue weighted by atomic mass is 35.5. The molecule has 4 aliphatic rings. The SMILES string of the molecule is CC1([C@@H](C(=O)NC2CC(F)(F)C2)N(C(=O)[C@@H]2CCC(=O)N2c2cc(C#N)ccn2)c2cccc(C3CC3)c2)C=CC=CC1Cl. The van der Waals surface area contributed by atoms with Crippen molar-refractivity contribution in [3.05, 3.63) is 78.0 Å². The Morgan fingerprint density at radius 1 is 1.18 bits per heavy atom. The number of amides is 3. The molecule has 3 aliphatic carbocycles. The van der Waals surface area contributed by atoms with Crippen LogP contribution in [0.25, 0.3) is 0 Å². The molecular weight excluding hydrogens is 588 g/mol. The van der Waals surface area contributed by atoms with E-state index in [0.717, 1.165) is 18.4 Å². The number of benzene rings is 1. The minimum Gasteiger partial charge on any atom is -0.351 e. The second kappa shape index (κ2) is 11.4. The quantitative estimate of drug-likeness (QED) is 0.399. The van der Waals surface area contributed by atoms with Crippen LogP contribution in [0.3, 0.4) is 0 Å². The van der Waals surface area contributed by atoms with Crippen molar-refractivity contribution < 1.29 is 23.2 Å². The predicted molar refractivity (Wildman–Crippen MR) is 161 cm³/mol. The lowest BCUT2D eigenvalue weighted by Gasteiger charge is -2.46. The monoisotopic (exact) mass is 619 g/mol. The topological polar surface area (TPSA) is 106 Å². The third-order valence-electron chi connectivity index (χ3n) is 9.03. The number of aromatic nitrogens is 1. The molecule has 1 saturated heterocycles. The Hall–Kier alpha value is -4.10. The van der Waals surface area contributed by atoms with Gasteiger partial charge in [0.2, 0.25) is 11.8 Å². The van der Waals surface area contributed by atoms with Crippen LogP contribution in [0, 0.1) is 16.7 Å². The maximum Gasteiger partial charge on any atom is 0.252 e. The van der Waals surface area contributed by atoms with E-state index in [-0.39, 0.29) is 30.1 Å². The molecule has 3 amide bonds. The number of halogens is 3. The number of carbonyl (C=O) groups excluding carboxylic acids is 3. The van der Waals surface area contributed by atoms with E-state index in [1.807, 2.05) is 24.3 Å². The first-order valence-corrected chi connectivity index (χ1v) is 15.2. The number of hydrogen-bond acceptors (Lipinski definition) is 5. The molecular formula is C33H32ClF2N5O3. The van der Waals surface area contributed by atoms with Crippen molar-refractivity contribution in [1.29, 1.82) is 5.26 Å². The van der Waals surface area contributed by atoms with Crippen molar-refractivity contribution in [2.24, 2.45) is 5.41 Å². The lowest BCUT2D eigenvalue weighted by atomic mass is 9.74. The average Bonchev–Trinajstić information content (AvgIpc) is 3.77. The maximum atomic E-state index is 14.9. The number of allylic oxidation sites excluding steroid dienone is 3. The third-order valence-corrected chi connectivity index (χ3v) is 9.64. The molecule has 1 N–H and O–H groups in total. The number of hydrogen-bond donors (Lipinski definition) is 1. The number of alkyl halides is 3. The number of nitriles is 1. The fourth-order valence-corrected chi connectivity index (χ4v) is 6.70. The number of anilines is 2. The van der Waals surface area contributed by atoms with E-state index in [4.69, 9.17) is 11.6 Å². The number of carbonyl (C=O) groups is 3. The molecule has 6 rings (SSSR count). The number of rotatable bonds is 8. The summed E-state index contributed by atoms with van der Waals surface area (Å²) >= 11 is 6.88. The largest absolute Gasteiger partial charge is 0.351 e. The minimum atomic E-state index is -2.86. The molecule has 2 heterocycles. The predicted octanol–water partition coefficient (Wildman–Crippen LogP) is 5.38. The molecule has 4 atom stereocenters. The van der Waals surface area contributed by atoms with E-state index < -0.39 is 59.5 Å². The molecule has 2 saturated carbocycles. The van der Waals surface area contributed by atoms with Crippen LogP contribution in [0.5, 0.6) is 0 Å². The van der Waals surface area contributed by atoms with Crippen LogP contribution in [-0.4, -0.2) is 52.1 Å². The van der Waals surface area contributed by atoms with Gasteiger partial charge in [0.15, 0.2) is 0 Å². The highest BCUT2D eigenvalue weighted by Gasteiger charge is 2.53. The summed E-state index contributed by atoms with van der Waals surface area (Å²) in [6.45, 7) is 1.77. The zero-order valence-electron chi connectivity index (χ0n) is 24.1. The molecule has 2 aromatic rings. The van der Waals surface area contributed by atoms with Gasteiger partial charge in [-0.25, -0.2) is 13.8 Å². The van der Waals surface area contributed by atoms with Gasteiger partial charge in [-0.05, 0) is 55.0 Å². The zero-order valence-corrected chi connectivity index (χ0v) is 24.9. The fraction of sp³-hybridized carbons (Fsp3) is 0.424. The standard InChI is InChI=1S/C33H32ClF2N5O3/c1-32(13-3-2-7-26(32)34)29(30(43)39-23-17-33(35,36)18-23)40(24-6-4-5-22(16-24)21-8-9-21)31(44)25-10-11-28(42)41(25)27-15-20(19-37)12-14-38-27/h2-7,12-16,21,23,25-26,29H,8-11,17-18H2,1H3,(H,39,43)/t25-,26?,29+,32?/m0/s1. The lowest BCUT2D eigenvalue weighted by molar-refractivity contribution is -0.134. The van der Waals surface area contributed by atoms with Crippen molar-refractivity contribution in [1.82, 2.24) is 10.3 Å². The van der Waals surface area contributed by atoms with E-state index in [1.165, 1.54) is 28.1 Å². The second-order valence-corrected chi connectivity index (χ2v) is 12.8. The first kappa shape index (κ1) is 29.9. The summed E-state index contributed by atoms with van der Waals surface area (Å²) in [6.07, 6.45) is 9.69. The highest BCUT2D eigenvalue weighted by molar-refractivity contribution is 6.23. The van der Waals surface area contributed by atoms with E-state index in [1.54, 1.807) is 37.3 Å². The summed E-state index contributed by atoms with van der Waals surface area (Å²) in [5.74, 6) is -3.82. The Labute approximate surface area is 259 Å². The highest BCUT2D eigenvalue weighted by Crippen LogP contribution is 2.45. The smallest absolute Gasteiger partial charge is 0.252 e. The molecule has 44 heavy (non-hydrogen) atoms. The van der Waals surface area contributed by atoms with Crippen LogP contribution in [-0.2, 0) is 14.4 Å². The number of pyridine rings is 1. The van der Waals surface area contributed by atoms with Gasteiger partial charge in [-0.2, -0.15) is 5.26 Å². The molecule has 8 nitrogen and oxygen atoms in total. The summed E-state index contributed by atoms with van der Waals surface area (Å²) in [5, 5.41) is 11.5. The molecule has 1 aromatic heterocycles. The van der Waals surface area contributed by atoms with Crippen molar-refractivity contribution in [3.63, 3.8) is 0 Å². The van der Waals surface area contributed by atoms with Gasteiger partial charge in [-0.1, -0.05) is 43.4 Å². The van der Waals surface area contributed by atoms with Crippen LogP contribution in [0.2, 0.25) is 0 Å². The van der Waals surface area contributed by atoms with Gasteiger partial charge >= 0.3 is 0 Å². The van der Waals surface area contributed by atoms with E-state index >= 15 is 0 Å². The summed E-state index contributed by atoms with van der Waals surface area (Å²) in [7, 11) is 0. The average molecular weight is 620 g/mol. The Bertz CT molecular complexity index is 1590. The van der Waals surface area contributed by atoms with Gasteiger partial charge in [0.05, 0.1) is 17.0 Å². The molecule has 1 aromatic carbocycles. The van der Waals surface area contributed by atoms with Crippen LogP contribution in [0.1, 0.15) is 62.5 Å². The Kier molecular flexibility index (Phi) is 7.78. The molecule has 11 heteroatoms. The van der Waals surface area contributed by atoms with Crippen LogP contribution >= 0.6 is 11.6 Å². The van der Waals surface area contributed by atoms with Gasteiger partial charge < -0.3 is 5.32 Å². The summed E-state index contributed by atoms with van der Waals surface area (Å²) in [5.41, 5.74) is 0.600.